The van der Waals surface area contributed by atoms with Crippen LogP contribution in [-0.4, -0.2) is 5.78 Å². The van der Waals surface area contributed by atoms with Crippen LogP contribution in [0.25, 0.3) is 11.0 Å². The summed E-state index contributed by atoms with van der Waals surface area (Å²) >= 11 is 3.29. The molecule has 3 aromatic rings. The van der Waals surface area contributed by atoms with Crippen LogP contribution in [0.2, 0.25) is 0 Å². The predicted molar refractivity (Wildman–Crippen MR) is 78.2 cm³/mol. The Labute approximate surface area is 122 Å². The standard InChI is InChI=1S/C15H9BrFNO2/c16-9-1-3-12(18)11(7-9)15(19)14-6-8-5-10(17)2-4-13(8)20-14/h1-7H,18H2. The van der Waals surface area contributed by atoms with Gasteiger partial charge in [-0.1, -0.05) is 15.9 Å². The predicted octanol–water partition coefficient (Wildman–Crippen LogP) is 4.15. The number of furan rings is 1. The van der Waals surface area contributed by atoms with Crippen molar-refractivity contribution in [2.75, 3.05) is 5.73 Å². The Balaban J connectivity index is 2.10. The third-order valence-electron chi connectivity index (χ3n) is 2.96. The molecule has 2 aromatic carbocycles. The minimum Gasteiger partial charge on any atom is -0.453 e. The summed E-state index contributed by atoms with van der Waals surface area (Å²) in [4.78, 5) is 12.4. The van der Waals surface area contributed by atoms with Crippen molar-refractivity contribution >= 4 is 38.4 Å². The lowest BCUT2D eigenvalue weighted by atomic mass is 10.1. The molecule has 3 nitrogen and oxygen atoms in total. The van der Waals surface area contributed by atoms with Crippen LogP contribution in [0.3, 0.4) is 0 Å². The van der Waals surface area contributed by atoms with Crippen LogP contribution in [0.5, 0.6) is 0 Å². The van der Waals surface area contributed by atoms with E-state index in [2.05, 4.69) is 15.9 Å². The smallest absolute Gasteiger partial charge is 0.230 e. The van der Waals surface area contributed by atoms with Crippen molar-refractivity contribution in [3.05, 3.63) is 64.1 Å². The Kier molecular flexibility index (Phi) is 3.06. The Bertz CT molecular complexity index is 826. The Morgan fingerprint density at radius 1 is 1.15 bits per heavy atom. The van der Waals surface area contributed by atoms with Crippen molar-refractivity contribution in [1.82, 2.24) is 0 Å². The largest absolute Gasteiger partial charge is 0.453 e. The van der Waals surface area contributed by atoms with Gasteiger partial charge in [0.2, 0.25) is 5.78 Å². The van der Waals surface area contributed by atoms with E-state index in [1.165, 1.54) is 24.3 Å². The molecule has 0 radical (unpaired) electrons. The molecule has 0 bridgehead atoms. The van der Waals surface area contributed by atoms with E-state index in [9.17, 15) is 9.18 Å². The Morgan fingerprint density at radius 3 is 2.75 bits per heavy atom. The number of rotatable bonds is 2. The van der Waals surface area contributed by atoms with E-state index in [0.717, 1.165) is 4.47 Å². The molecule has 2 N–H and O–H groups in total. The Hall–Kier alpha value is -2.14. The van der Waals surface area contributed by atoms with Crippen LogP contribution in [-0.2, 0) is 0 Å². The van der Waals surface area contributed by atoms with Crippen molar-refractivity contribution < 1.29 is 13.6 Å². The fourth-order valence-electron chi connectivity index (χ4n) is 1.98. The first-order chi connectivity index (χ1) is 9.54. The van der Waals surface area contributed by atoms with Gasteiger partial charge in [0, 0.05) is 21.1 Å². The van der Waals surface area contributed by atoms with Crippen LogP contribution in [0, 0.1) is 5.82 Å². The van der Waals surface area contributed by atoms with Crippen LogP contribution < -0.4 is 5.73 Å². The number of anilines is 1. The van der Waals surface area contributed by atoms with Gasteiger partial charge in [0.15, 0.2) is 5.76 Å². The van der Waals surface area contributed by atoms with Crippen LogP contribution in [0.15, 0.2) is 51.4 Å². The molecule has 0 aliphatic rings. The number of carbonyl (C=O) groups is 1. The fraction of sp³-hybridized carbons (Fsp3) is 0. The second-order valence-electron chi connectivity index (χ2n) is 4.35. The number of hydrogen-bond acceptors (Lipinski definition) is 3. The first-order valence-corrected chi connectivity index (χ1v) is 6.63. The SMILES string of the molecule is Nc1ccc(Br)cc1C(=O)c1cc2cc(F)ccc2o1. The number of ketones is 1. The molecule has 0 saturated carbocycles. The molecule has 20 heavy (non-hydrogen) atoms. The first kappa shape index (κ1) is 12.9. The van der Waals surface area contributed by atoms with Gasteiger partial charge in [0.1, 0.15) is 11.4 Å². The zero-order chi connectivity index (χ0) is 14.3. The molecule has 3 rings (SSSR count). The summed E-state index contributed by atoms with van der Waals surface area (Å²) in [5, 5.41) is 0.543. The van der Waals surface area contributed by atoms with Crippen molar-refractivity contribution in [3.8, 4) is 0 Å². The van der Waals surface area contributed by atoms with Crippen molar-refractivity contribution in [2.24, 2.45) is 0 Å². The van der Waals surface area contributed by atoms with Crippen LogP contribution >= 0.6 is 15.9 Å². The molecule has 0 unspecified atom stereocenters. The maximum atomic E-state index is 13.1. The summed E-state index contributed by atoms with van der Waals surface area (Å²) in [5.74, 6) is -0.574. The van der Waals surface area contributed by atoms with Gasteiger partial charge in [-0.2, -0.15) is 0 Å². The van der Waals surface area contributed by atoms with Gasteiger partial charge in [-0.3, -0.25) is 4.79 Å². The number of benzene rings is 2. The summed E-state index contributed by atoms with van der Waals surface area (Å²) in [6.07, 6.45) is 0. The molecular formula is C15H9BrFNO2. The topological polar surface area (TPSA) is 56.2 Å². The summed E-state index contributed by atoms with van der Waals surface area (Å²) in [5.41, 5.74) is 6.98. The molecule has 0 amide bonds. The average Bonchev–Trinajstić information content (AvgIpc) is 2.83. The van der Waals surface area contributed by atoms with Gasteiger partial charge in [0.05, 0.1) is 0 Å². The molecular weight excluding hydrogens is 325 g/mol. The normalized spacial score (nSPS) is 10.9. The van der Waals surface area contributed by atoms with Gasteiger partial charge >= 0.3 is 0 Å². The highest BCUT2D eigenvalue weighted by molar-refractivity contribution is 9.10. The first-order valence-electron chi connectivity index (χ1n) is 5.83. The van der Waals surface area contributed by atoms with Crippen molar-refractivity contribution in [3.63, 3.8) is 0 Å². The third kappa shape index (κ3) is 2.20. The minimum absolute atomic E-state index is 0.135. The monoisotopic (exact) mass is 333 g/mol. The van der Waals surface area contributed by atoms with Gasteiger partial charge in [0.25, 0.3) is 0 Å². The molecule has 0 aliphatic heterocycles. The van der Waals surface area contributed by atoms with E-state index in [4.69, 9.17) is 10.2 Å². The minimum atomic E-state index is -0.376. The number of halogens is 2. The number of carbonyl (C=O) groups excluding carboxylic acids is 1. The lowest BCUT2D eigenvalue weighted by Crippen LogP contribution is -2.04. The van der Waals surface area contributed by atoms with Gasteiger partial charge < -0.3 is 10.2 Å². The Morgan fingerprint density at radius 2 is 1.95 bits per heavy atom. The fourth-order valence-corrected chi connectivity index (χ4v) is 2.35. The maximum absolute atomic E-state index is 13.1. The van der Waals surface area contributed by atoms with Gasteiger partial charge in [-0.25, -0.2) is 4.39 Å². The summed E-state index contributed by atoms with van der Waals surface area (Å²) < 4.78 is 19.3. The molecule has 0 aliphatic carbocycles. The highest BCUT2D eigenvalue weighted by atomic mass is 79.9. The van der Waals surface area contributed by atoms with E-state index >= 15 is 0 Å². The molecule has 1 heterocycles. The lowest BCUT2D eigenvalue weighted by molar-refractivity contribution is 0.101. The number of nitrogen functional groups attached to an aromatic ring is 1. The van der Waals surface area contributed by atoms with E-state index < -0.39 is 0 Å². The summed E-state index contributed by atoms with van der Waals surface area (Å²) in [6, 6.07) is 10.6. The molecule has 0 spiro atoms. The summed E-state index contributed by atoms with van der Waals surface area (Å²) in [7, 11) is 0. The second-order valence-corrected chi connectivity index (χ2v) is 5.27. The zero-order valence-electron chi connectivity index (χ0n) is 10.2. The average molecular weight is 334 g/mol. The van der Waals surface area contributed by atoms with E-state index in [0.29, 0.717) is 22.2 Å². The van der Waals surface area contributed by atoms with Crippen molar-refractivity contribution in [1.29, 1.82) is 0 Å². The molecule has 100 valence electrons. The second kappa shape index (κ2) is 4.76. The lowest BCUT2D eigenvalue weighted by Gasteiger charge is -2.03. The summed E-state index contributed by atoms with van der Waals surface area (Å²) in [6.45, 7) is 0. The van der Waals surface area contributed by atoms with Crippen LogP contribution in [0.4, 0.5) is 10.1 Å². The molecule has 1 aromatic heterocycles. The molecule has 0 saturated heterocycles. The van der Waals surface area contributed by atoms with Crippen LogP contribution in [0.1, 0.15) is 16.1 Å². The van der Waals surface area contributed by atoms with E-state index in [1.807, 2.05) is 0 Å². The van der Waals surface area contributed by atoms with Gasteiger partial charge in [-0.15, -0.1) is 0 Å². The highest BCUT2D eigenvalue weighted by Gasteiger charge is 2.17. The highest BCUT2D eigenvalue weighted by Crippen LogP contribution is 2.26. The molecule has 0 atom stereocenters. The molecule has 0 fully saturated rings. The van der Waals surface area contributed by atoms with Gasteiger partial charge in [-0.05, 0) is 42.5 Å². The molecule has 5 heteroatoms. The van der Waals surface area contributed by atoms with Crippen molar-refractivity contribution in [2.45, 2.75) is 0 Å². The van der Waals surface area contributed by atoms with E-state index in [-0.39, 0.29) is 17.4 Å². The number of fused-ring (bicyclic) bond motifs is 1. The van der Waals surface area contributed by atoms with E-state index in [1.54, 1.807) is 18.2 Å². The maximum Gasteiger partial charge on any atom is 0.230 e. The number of nitrogens with two attached hydrogens (primary N) is 1. The quantitative estimate of drug-likeness (QED) is 0.566. The number of hydrogen-bond donors (Lipinski definition) is 1. The third-order valence-corrected chi connectivity index (χ3v) is 3.46. The zero-order valence-corrected chi connectivity index (χ0v) is 11.8.